The summed E-state index contributed by atoms with van der Waals surface area (Å²) in [4.78, 5) is 28.8. The summed E-state index contributed by atoms with van der Waals surface area (Å²) in [6, 6.07) is 11.6. The van der Waals surface area contributed by atoms with Gasteiger partial charge in [-0.1, -0.05) is 31.5 Å². The van der Waals surface area contributed by atoms with Crippen LogP contribution < -0.4 is 23.7 Å². The first-order chi connectivity index (χ1) is 21.8. The molecule has 0 saturated carbocycles. The standard InChI is InChI=1S/C33H33N3O9/c1-4-5-10-36-31(25-17-34-30(42-3)15-27(25)43-18-20-8-6-7-9-24(20)33(39)40)23(16-35-36)12-22(32(37)38)11-21-13-28-29(45-19-44-28)14-26(21)41-2/h6-9,12-17H,4-5,10-11,18-19H2,1-3H3,(H,37,38)(H,39,40). The fraction of sp³-hybridized carbons (Fsp3) is 0.273. The second kappa shape index (κ2) is 13.8. The maximum atomic E-state index is 12.6. The molecule has 0 amide bonds. The molecule has 0 bridgehead atoms. The van der Waals surface area contributed by atoms with Crippen LogP contribution in [-0.2, 0) is 24.4 Å². The summed E-state index contributed by atoms with van der Waals surface area (Å²) in [7, 11) is 2.99. The quantitative estimate of drug-likeness (QED) is 0.174. The third-order valence-corrected chi connectivity index (χ3v) is 7.29. The Balaban J connectivity index is 1.58. The van der Waals surface area contributed by atoms with E-state index in [1.165, 1.54) is 20.3 Å². The molecule has 0 unspecified atom stereocenters. The van der Waals surface area contributed by atoms with Crippen LogP contribution in [0.15, 0.2) is 60.4 Å². The van der Waals surface area contributed by atoms with Gasteiger partial charge < -0.3 is 33.9 Å². The second-order valence-corrected chi connectivity index (χ2v) is 10.2. The molecule has 0 aliphatic carbocycles. The molecule has 3 heterocycles. The summed E-state index contributed by atoms with van der Waals surface area (Å²) in [5, 5.41) is 24.5. The molecule has 45 heavy (non-hydrogen) atoms. The van der Waals surface area contributed by atoms with Crippen molar-refractivity contribution in [2.75, 3.05) is 21.0 Å². The number of carbonyl (C=O) groups is 2. The van der Waals surface area contributed by atoms with E-state index in [0.29, 0.717) is 57.5 Å². The summed E-state index contributed by atoms with van der Waals surface area (Å²) < 4.78 is 29.8. The normalized spacial score (nSPS) is 12.2. The van der Waals surface area contributed by atoms with Crippen molar-refractivity contribution in [1.29, 1.82) is 0 Å². The molecule has 12 heteroatoms. The van der Waals surface area contributed by atoms with Crippen molar-refractivity contribution in [3.05, 3.63) is 82.7 Å². The van der Waals surface area contributed by atoms with Gasteiger partial charge in [-0.25, -0.2) is 14.6 Å². The van der Waals surface area contributed by atoms with E-state index in [9.17, 15) is 19.8 Å². The average molecular weight is 616 g/mol. The number of hydrogen-bond acceptors (Lipinski definition) is 9. The van der Waals surface area contributed by atoms with E-state index in [2.05, 4.69) is 17.0 Å². The van der Waals surface area contributed by atoms with Gasteiger partial charge in [0.15, 0.2) is 11.5 Å². The molecule has 0 saturated heterocycles. The Hall–Kier alpha value is -5.52. The number of ether oxygens (including phenoxy) is 5. The number of methoxy groups -OCH3 is 2. The van der Waals surface area contributed by atoms with Gasteiger partial charge in [-0.15, -0.1) is 0 Å². The Morgan fingerprint density at radius 3 is 2.49 bits per heavy atom. The lowest BCUT2D eigenvalue weighted by Crippen LogP contribution is -2.08. The first-order valence-corrected chi connectivity index (χ1v) is 14.3. The zero-order valence-electron chi connectivity index (χ0n) is 25.1. The van der Waals surface area contributed by atoms with Crippen molar-refractivity contribution in [2.24, 2.45) is 0 Å². The van der Waals surface area contributed by atoms with Gasteiger partial charge in [0.2, 0.25) is 12.7 Å². The number of fused-ring (bicyclic) bond motifs is 1. The van der Waals surface area contributed by atoms with Crippen LogP contribution in [0, 0.1) is 0 Å². The SMILES string of the molecule is CCCCn1ncc(C=C(Cc2cc3c(cc2OC)OCO3)C(=O)O)c1-c1cnc(OC)cc1OCc1ccccc1C(=O)O. The summed E-state index contributed by atoms with van der Waals surface area (Å²) >= 11 is 0. The molecule has 0 spiro atoms. The van der Waals surface area contributed by atoms with Crippen LogP contribution in [0.1, 0.15) is 46.8 Å². The number of unbranched alkanes of at least 4 members (excludes halogenated alkanes) is 1. The van der Waals surface area contributed by atoms with Crippen LogP contribution in [0.3, 0.4) is 0 Å². The number of carboxylic acid groups (broad SMARTS) is 2. The molecule has 2 aromatic carbocycles. The Labute approximate surface area is 259 Å². The van der Waals surface area contributed by atoms with Gasteiger partial charge >= 0.3 is 11.9 Å². The highest BCUT2D eigenvalue weighted by molar-refractivity contribution is 5.94. The highest BCUT2D eigenvalue weighted by atomic mass is 16.7. The van der Waals surface area contributed by atoms with Gasteiger partial charge in [0.05, 0.1) is 37.2 Å². The average Bonchev–Trinajstić information content (AvgIpc) is 3.68. The second-order valence-electron chi connectivity index (χ2n) is 10.2. The summed E-state index contributed by atoms with van der Waals surface area (Å²) in [6.07, 6.45) is 6.53. The number of aromatic nitrogens is 3. The van der Waals surface area contributed by atoms with Gasteiger partial charge in [0, 0.05) is 53.6 Å². The maximum absolute atomic E-state index is 12.6. The van der Waals surface area contributed by atoms with Crippen LogP contribution in [0.25, 0.3) is 17.3 Å². The molecule has 5 rings (SSSR count). The van der Waals surface area contributed by atoms with E-state index >= 15 is 0 Å². The zero-order chi connectivity index (χ0) is 31.9. The predicted molar refractivity (Wildman–Crippen MR) is 163 cm³/mol. The number of hydrogen-bond donors (Lipinski definition) is 2. The van der Waals surface area contributed by atoms with E-state index in [0.717, 1.165) is 12.8 Å². The Kier molecular flexibility index (Phi) is 9.51. The zero-order valence-corrected chi connectivity index (χ0v) is 25.1. The van der Waals surface area contributed by atoms with Crippen molar-refractivity contribution in [3.63, 3.8) is 0 Å². The van der Waals surface area contributed by atoms with E-state index in [-0.39, 0.29) is 36.8 Å². The minimum Gasteiger partial charge on any atom is -0.496 e. The number of aromatic carboxylic acids is 1. The predicted octanol–water partition coefficient (Wildman–Crippen LogP) is 5.48. The first kappa shape index (κ1) is 30.9. The van der Waals surface area contributed by atoms with Gasteiger partial charge in [0.1, 0.15) is 18.1 Å². The van der Waals surface area contributed by atoms with Crippen LogP contribution in [0.4, 0.5) is 0 Å². The number of pyridine rings is 1. The largest absolute Gasteiger partial charge is 0.496 e. The van der Waals surface area contributed by atoms with Crippen molar-refractivity contribution < 1.29 is 43.5 Å². The lowest BCUT2D eigenvalue weighted by Gasteiger charge is -2.16. The van der Waals surface area contributed by atoms with Crippen LogP contribution in [0.2, 0.25) is 0 Å². The molecule has 2 N–H and O–H groups in total. The minimum atomic E-state index is -1.11. The third kappa shape index (κ3) is 6.85. The van der Waals surface area contributed by atoms with E-state index < -0.39 is 11.9 Å². The van der Waals surface area contributed by atoms with Crippen molar-refractivity contribution in [2.45, 2.75) is 39.3 Å². The van der Waals surface area contributed by atoms with Gasteiger partial charge in [0.25, 0.3) is 0 Å². The van der Waals surface area contributed by atoms with Crippen LogP contribution >= 0.6 is 0 Å². The van der Waals surface area contributed by atoms with E-state index in [1.54, 1.807) is 59.5 Å². The molecular formula is C33H33N3O9. The number of rotatable bonds is 14. The smallest absolute Gasteiger partial charge is 0.336 e. The highest BCUT2D eigenvalue weighted by Crippen LogP contribution is 2.40. The molecule has 1 aliphatic heterocycles. The molecule has 2 aromatic heterocycles. The summed E-state index contributed by atoms with van der Waals surface area (Å²) in [6.45, 7) is 2.66. The monoisotopic (exact) mass is 615 g/mol. The molecule has 234 valence electrons. The molecular weight excluding hydrogens is 582 g/mol. The maximum Gasteiger partial charge on any atom is 0.336 e. The fourth-order valence-corrected chi connectivity index (χ4v) is 4.99. The number of aliphatic carboxylic acids is 1. The molecule has 4 aromatic rings. The Morgan fingerprint density at radius 2 is 1.78 bits per heavy atom. The summed E-state index contributed by atoms with van der Waals surface area (Å²) in [5.74, 6) is -0.00590. The molecule has 12 nitrogen and oxygen atoms in total. The van der Waals surface area contributed by atoms with Gasteiger partial charge in [-0.2, -0.15) is 5.10 Å². The van der Waals surface area contributed by atoms with Crippen LogP contribution in [-0.4, -0.2) is 57.9 Å². The van der Waals surface area contributed by atoms with Gasteiger partial charge in [-0.3, -0.25) is 4.68 Å². The topological polar surface area (TPSA) is 151 Å². The van der Waals surface area contributed by atoms with Crippen molar-refractivity contribution >= 4 is 18.0 Å². The number of benzene rings is 2. The summed E-state index contributed by atoms with van der Waals surface area (Å²) in [5.41, 5.74) is 2.97. The Morgan fingerprint density at radius 1 is 1.00 bits per heavy atom. The molecule has 0 atom stereocenters. The third-order valence-electron chi connectivity index (χ3n) is 7.29. The lowest BCUT2D eigenvalue weighted by molar-refractivity contribution is -0.132. The number of nitrogens with zero attached hydrogens (tertiary/aromatic N) is 3. The fourth-order valence-electron chi connectivity index (χ4n) is 4.99. The molecule has 0 fully saturated rings. The van der Waals surface area contributed by atoms with Crippen LogP contribution in [0.5, 0.6) is 28.9 Å². The first-order valence-electron chi connectivity index (χ1n) is 14.3. The molecule has 0 radical (unpaired) electrons. The highest BCUT2D eigenvalue weighted by Gasteiger charge is 2.23. The number of carboxylic acids is 2. The minimum absolute atomic E-state index is 0.0327. The van der Waals surface area contributed by atoms with Gasteiger partial charge in [-0.05, 0) is 24.6 Å². The van der Waals surface area contributed by atoms with E-state index in [4.69, 9.17) is 23.7 Å². The van der Waals surface area contributed by atoms with Crippen molar-refractivity contribution in [3.8, 4) is 40.1 Å². The molecule has 1 aliphatic rings. The lowest BCUT2D eigenvalue weighted by atomic mass is 10.00. The Bertz CT molecular complexity index is 1750. The van der Waals surface area contributed by atoms with Crippen molar-refractivity contribution in [1.82, 2.24) is 14.8 Å². The number of aryl methyl sites for hydroxylation is 1. The van der Waals surface area contributed by atoms with E-state index in [1.807, 2.05) is 0 Å².